The van der Waals surface area contributed by atoms with E-state index in [4.69, 9.17) is 5.73 Å². The molecule has 0 bridgehead atoms. The van der Waals surface area contributed by atoms with E-state index < -0.39 is 0 Å². The second kappa shape index (κ2) is 4.19. The minimum atomic E-state index is 0.249. The van der Waals surface area contributed by atoms with Gasteiger partial charge in [0.2, 0.25) is 0 Å². The molecule has 1 aliphatic heterocycles. The highest BCUT2D eigenvalue weighted by atomic mass is 15.1. The lowest BCUT2D eigenvalue weighted by Gasteiger charge is -2.42. The van der Waals surface area contributed by atoms with Crippen molar-refractivity contribution >= 4 is 0 Å². The first-order valence-electron chi connectivity index (χ1n) is 6.23. The summed E-state index contributed by atoms with van der Waals surface area (Å²) >= 11 is 0. The van der Waals surface area contributed by atoms with Crippen molar-refractivity contribution in [2.24, 2.45) is 11.7 Å². The molecule has 0 radical (unpaired) electrons. The van der Waals surface area contributed by atoms with Crippen molar-refractivity contribution in [1.82, 2.24) is 4.90 Å². The molecule has 1 saturated carbocycles. The summed E-state index contributed by atoms with van der Waals surface area (Å²) in [5.74, 6) is 0.920. The van der Waals surface area contributed by atoms with Crippen LogP contribution >= 0.6 is 0 Å². The first-order valence-corrected chi connectivity index (χ1v) is 6.23. The molecule has 1 aliphatic carbocycles. The number of nitrogens with zero attached hydrogens (tertiary/aromatic N) is 1. The second-order valence-corrected chi connectivity index (χ2v) is 5.30. The van der Waals surface area contributed by atoms with Crippen LogP contribution in [0, 0.1) is 5.92 Å². The predicted octanol–water partition coefficient (Wildman–Crippen LogP) is 1.99. The highest BCUT2D eigenvalue weighted by Crippen LogP contribution is 2.37. The van der Waals surface area contributed by atoms with Crippen LogP contribution < -0.4 is 5.73 Å². The third-order valence-corrected chi connectivity index (χ3v) is 4.20. The minimum absolute atomic E-state index is 0.249. The van der Waals surface area contributed by atoms with Crippen LogP contribution in [0.3, 0.4) is 0 Å². The van der Waals surface area contributed by atoms with Crippen LogP contribution in [0.25, 0.3) is 0 Å². The zero-order valence-corrected chi connectivity index (χ0v) is 9.47. The fraction of sp³-hybridized carbons (Fsp3) is 1.00. The topological polar surface area (TPSA) is 29.3 Å². The molecule has 2 rings (SSSR count). The molecule has 0 spiro atoms. The van der Waals surface area contributed by atoms with E-state index in [-0.39, 0.29) is 5.54 Å². The molecule has 0 amide bonds. The summed E-state index contributed by atoms with van der Waals surface area (Å²) in [7, 11) is 0. The first-order chi connectivity index (χ1) is 6.72. The van der Waals surface area contributed by atoms with Crippen molar-refractivity contribution in [2.75, 3.05) is 19.6 Å². The van der Waals surface area contributed by atoms with Crippen molar-refractivity contribution in [2.45, 2.75) is 51.0 Å². The smallest absolute Gasteiger partial charge is 0.0157 e. The predicted molar refractivity (Wildman–Crippen MR) is 60.2 cm³/mol. The average Bonchev–Trinajstić information content (AvgIpc) is 2.17. The quantitative estimate of drug-likeness (QED) is 0.748. The van der Waals surface area contributed by atoms with Crippen molar-refractivity contribution < 1.29 is 0 Å². The fourth-order valence-corrected chi connectivity index (χ4v) is 2.92. The van der Waals surface area contributed by atoms with Gasteiger partial charge >= 0.3 is 0 Å². The Labute approximate surface area is 87.8 Å². The number of hydrogen-bond donors (Lipinski definition) is 1. The molecule has 1 saturated heterocycles. The average molecular weight is 196 g/mol. The van der Waals surface area contributed by atoms with Gasteiger partial charge in [-0.1, -0.05) is 6.92 Å². The van der Waals surface area contributed by atoms with Crippen molar-refractivity contribution in [1.29, 1.82) is 0 Å². The van der Waals surface area contributed by atoms with E-state index in [0.717, 1.165) is 5.92 Å². The Morgan fingerprint density at radius 1 is 1.29 bits per heavy atom. The summed E-state index contributed by atoms with van der Waals surface area (Å²) < 4.78 is 0. The number of rotatable bonds is 3. The van der Waals surface area contributed by atoms with Crippen LogP contribution in [-0.2, 0) is 0 Å². The number of hydrogen-bond acceptors (Lipinski definition) is 2. The molecule has 0 aromatic heterocycles. The number of piperidine rings is 1. The molecular weight excluding hydrogens is 172 g/mol. The van der Waals surface area contributed by atoms with E-state index in [0.29, 0.717) is 0 Å². The monoisotopic (exact) mass is 196 g/mol. The SMILES string of the molecule is CCN1CCC(CC2(N)CCC2)CC1. The second-order valence-electron chi connectivity index (χ2n) is 5.30. The van der Waals surface area contributed by atoms with Gasteiger partial charge in [-0.15, -0.1) is 0 Å². The van der Waals surface area contributed by atoms with Crippen molar-refractivity contribution in [3.05, 3.63) is 0 Å². The van der Waals surface area contributed by atoms with E-state index in [1.807, 2.05) is 0 Å². The lowest BCUT2D eigenvalue weighted by atomic mass is 9.70. The number of nitrogens with two attached hydrogens (primary N) is 1. The Bertz CT molecular complexity index is 179. The molecule has 2 N–H and O–H groups in total. The van der Waals surface area contributed by atoms with Gasteiger partial charge in [0.05, 0.1) is 0 Å². The molecule has 0 aromatic carbocycles. The van der Waals surface area contributed by atoms with Gasteiger partial charge in [0, 0.05) is 5.54 Å². The van der Waals surface area contributed by atoms with Crippen LogP contribution in [0.1, 0.15) is 45.4 Å². The molecule has 2 heteroatoms. The summed E-state index contributed by atoms with van der Waals surface area (Å²) in [5, 5.41) is 0. The normalized spacial score (nSPS) is 28.7. The molecule has 14 heavy (non-hydrogen) atoms. The number of likely N-dealkylation sites (tertiary alicyclic amines) is 1. The molecule has 0 aromatic rings. The summed E-state index contributed by atoms with van der Waals surface area (Å²) in [6.45, 7) is 6.09. The largest absolute Gasteiger partial charge is 0.325 e. The Morgan fingerprint density at radius 3 is 2.36 bits per heavy atom. The van der Waals surface area contributed by atoms with Gasteiger partial charge in [0.25, 0.3) is 0 Å². The lowest BCUT2D eigenvalue weighted by molar-refractivity contribution is 0.133. The Balaban J connectivity index is 1.73. The third-order valence-electron chi connectivity index (χ3n) is 4.20. The molecular formula is C12H24N2. The van der Waals surface area contributed by atoms with Crippen LogP contribution in [0.4, 0.5) is 0 Å². The maximum Gasteiger partial charge on any atom is 0.0157 e. The van der Waals surface area contributed by atoms with Crippen molar-refractivity contribution in [3.63, 3.8) is 0 Å². The molecule has 82 valence electrons. The highest BCUT2D eigenvalue weighted by molar-refractivity contribution is 4.94. The van der Waals surface area contributed by atoms with Gasteiger partial charge in [-0.2, -0.15) is 0 Å². The van der Waals surface area contributed by atoms with E-state index in [9.17, 15) is 0 Å². The Morgan fingerprint density at radius 2 is 1.93 bits per heavy atom. The maximum absolute atomic E-state index is 6.29. The summed E-state index contributed by atoms with van der Waals surface area (Å²) in [6, 6.07) is 0. The summed E-state index contributed by atoms with van der Waals surface area (Å²) in [5.41, 5.74) is 6.54. The van der Waals surface area contributed by atoms with Gasteiger partial charge in [-0.05, 0) is 64.1 Å². The van der Waals surface area contributed by atoms with Gasteiger partial charge in [-0.3, -0.25) is 0 Å². The molecule has 2 aliphatic rings. The Kier molecular flexibility index (Phi) is 3.13. The third kappa shape index (κ3) is 2.29. The van der Waals surface area contributed by atoms with Crippen LogP contribution in [-0.4, -0.2) is 30.1 Å². The van der Waals surface area contributed by atoms with Gasteiger partial charge < -0.3 is 10.6 Å². The molecule has 2 fully saturated rings. The van der Waals surface area contributed by atoms with E-state index in [1.54, 1.807) is 0 Å². The van der Waals surface area contributed by atoms with Crippen LogP contribution in [0.2, 0.25) is 0 Å². The molecule has 2 nitrogen and oxygen atoms in total. The first kappa shape index (κ1) is 10.4. The van der Waals surface area contributed by atoms with Crippen LogP contribution in [0.5, 0.6) is 0 Å². The summed E-state index contributed by atoms with van der Waals surface area (Å²) in [6.07, 6.45) is 7.98. The zero-order valence-electron chi connectivity index (χ0n) is 9.47. The maximum atomic E-state index is 6.29. The lowest BCUT2D eigenvalue weighted by Crippen LogP contribution is -2.49. The van der Waals surface area contributed by atoms with E-state index >= 15 is 0 Å². The van der Waals surface area contributed by atoms with Gasteiger partial charge in [-0.25, -0.2) is 0 Å². The van der Waals surface area contributed by atoms with Gasteiger partial charge in [0.1, 0.15) is 0 Å². The molecule has 0 atom stereocenters. The minimum Gasteiger partial charge on any atom is -0.325 e. The fourth-order valence-electron chi connectivity index (χ4n) is 2.92. The van der Waals surface area contributed by atoms with Crippen LogP contribution in [0.15, 0.2) is 0 Å². The zero-order chi connectivity index (χ0) is 10.0. The van der Waals surface area contributed by atoms with E-state index in [2.05, 4.69) is 11.8 Å². The molecule has 0 unspecified atom stereocenters. The molecule has 1 heterocycles. The Hall–Kier alpha value is -0.0800. The van der Waals surface area contributed by atoms with E-state index in [1.165, 1.54) is 58.2 Å². The standard InChI is InChI=1S/C12H24N2/c1-2-14-8-4-11(5-9-14)10-12(13)6-3-7-12/h11H,2-10,13H2,1H3. The van der Waals surface area contributed by atoms with Gasteiger partial charge in [0.15, 0.2) is 0 Å². The highest BCUT2D eigenvalue weighted by Gasteiger charge is 2.35. The summed E-state index contributed by atoms with van der Waals surface area (Å²) in [4.78, 5) is 2.56. The van der Waals surface area contributed by atoms with Crippen molar-refractivity contribution in [3.8, 4) is 0 Å².